The van der Waals surface area contributed by atoms with Crippen LogP contribution < -0.4 is 0 Å². The van der Waals surface area contributed by atoms with E-state index in [0.29, 0.717) is 5.91 Å². The first-order valence-corrected chi connectivity index (χ1v) is 9.88. The summed E-state index contributed by atoms with van der Waals surface area (Å²) in [5.74, 6) is 0.389. The van der Waals surface area contributed by atoms with E-state index in [1.165, 1.54) is 5.56 Å². The summed E-state index contributed by atoms with van der Waals surface area (Å²) in [6, 6.07) is 0. The lowest BCUT2D eigenvalue weighted by Gasteiger charge is -2.42. The molecule has 1 amide bonds. The third-order valence-electron chi connectivity index (χ3n) is 5.68. The average Bonchev–Trinajstić information content (AvgIpc) is 3.09. The number of nitrogens with zero attached hydrogens (tertiary/aromatic N) is 4. The van der Waals surface area contributed by atoms with Gasteiger partial charge in [0.25, 0.3) is 0 Å². The molecule has 2 aliphatic rings. The molecule has 0 bridgehead atoms. The van der Waals surface area contributed by atoms with Gasteiger partial charge >= 0.3 is 0 Å². The third-order valence-corrected chi connectivity index (χ3v) is 5.68. The molecule has 144 valence electrons. The molecule has 0 aliphatic carbocycles. The van der Waals surface area contributed by atoms with Gasteiger partial charge in [0.15, 0.2) is 0 Å². The van der Waals surface area contributed by atoms with Crippen molar-refractivity contribution in [1.29, 1.82) is 0 Å². The van der Waals surface area contributed by atoms with E-state index in [2.05, 4.69) is 55.4 Å². The predicted molar refractivity (Wildman–Crippen MR) is 105 cm³/mol. The van der Waals surface area contributed by atoms with Crippen molar-refractivity contribution in [3.8, 4) is 0 Å². The fraction of sp³-hybridized carbons (Fsp3) is 0.714. The van der Waals surface area contributed by atoms with E-state index in [1.54, 1.807) is 0 Å². The highest BCUT2D eigenvalue weighted by atomic mass is 16.2. The molecule has 0 radical (unpaired) electrons. The first-order chi connectivity index (χ1) is 12.2. The molecule has 2 fully saturated rings. The summed E-state index contributed by atoms with van der Waals surface area (Å²) >= 11 is 0. The third kappa shape index (κ3) is 4.03. The van der Waals surface area contributed by atoms with Gasteiger partial charge in [0.05, 0.1) is 17.7 Å². The SMILES string of the molecule is C=CCn1cc(CN2CCC3(CCCN(CC(C)(C)C)C3=O)C2)c(C)n1. The van der Waals surface area contributed by atoms with Gasteiger partial charge in [0, 0.05) is 37.9 Å². The van der Waals surface area contributed by atoms with Crippen molar-refractivity contribution in [1.82, 2.24) is 19.6 Å². The number of rotatable bonds is 5. The quantitative estimate of drug-likeness (QED) is 0.759. The van der Waals surface area contributed by atoms with E-state index in [1.807, 2.05) is 10.8 Å². The van der Waals surface area contributed by atoms with Crippen LogP contribution >= 0.6 is 0 Å². The van der Waals surface area contributed by atoms with Crippen LogP contribution in [0.25, 0.3) is 0 Å². The number of likely N-dealkylation sites (tertiary alicyclic amines) is 2. The van der Waals surface area contributed by atoms with Crippen LogP contribution in [0.2, 0.25) is 0 Å². The van der Waals surface area contributed by atoms with Gasteiger partial charge in [0.1, 0.15) is 0 Å². The van der Waals surface area contributed by atoms with Gasteiger partial charge in [-0.2, -0.15) is 5.10 Å². The van der Waals surface area contributed by atoms with Crippen LogP contribution in [0.3, 0.4) is 0 Å². The second kappa shape index (κ2) is 7.18. The number of carbonyl (C=O) groups is 1. The molecule has 1 spiro atoms. The van der Waals surface area contributed by atoms with E-state index >= 15 is 0 Å². The van der Waals surface area contributed by atoms with Crippen molar-refractivity contribution >= 4 is 5.91 Å². The average molecular weight is 359 g/mol. The second-order valence-corrected chi connectivity index (χ2v) is 9.38. The van der Waals surface area contributed by atoms with E-state index in [9.17, 15) is 4.79 Å². The molecule has 3 heterocycles. The fourth-order valence-corrected chi connectivity index (χ4v) is 4.53. The van der Waals surface area contributed by atoms with Gasteiger partial charge in [-0.25, -0.2) is 0 Å². The van der Waals surface area contributed by atoms with E-state index in [-0.39, 0.29) is 10.8 Å². The predicted octanol–water partition coefficient (Wildman–Crippen LogP) is 3.24. The van der Waals surface area contributed by atoms with Crippen molar-refractivity contribution in [2.75, 3.05) is 26.2 Å². The van der Waals surface area contributed by atoms with Gasteiger partial charge in [0.2, 0.25) is 5.91 Å². The number of piperidine rings is 1. The van der Waals surface area contributed by atoms with Crippen molar-refractivity contribution in [2.45, 2.75) is 60.0 Å². The lowest BCUT2D eigenvalue weighted by atomic mass is 9.77. The Balaban J connectivity index is 1.67. The lowest BCUT2D eigenvalue weighted by Crippen LogP contribution is -2.52. The Morgan fingerprint density at radius 1 is 1.31 bits per heavy atom. The molecule has 1 atom stereocenters. The molecular weight excluding hydrogens is 324 g/mol. The molecule has 0 N–H and O–H groups in total. The lowest BCUT2D eigenvalue weighted by molar-refractivity contribution is -0.147. The van der Waals surface area contributed by atoms with E-state index < -0.39 is 0 Å². The highest BCUT2D eigenvalue weighted by Gasteiger charge is 2.48. The molecule has 1 unspecified atom stereocenters. The number of aromatic nitrogens is 2. The molecule has 0 aromatic carbocycles. The normalized spacial score (nSPS) is 24.6. The molecular formula is C21H34N4O. The first kappa shape index (κ1) is 19.2. The van der Waals surface area contributed by atoms with Crippen LogP contribution in [0.4, 0.5) is 0 Å². The summed E-state index contributed by atoms with van der Waals surface area (Å²) in [4.78, 5) is 17.8. The summed E-state index contributed by atoms with van der Waals surface area (Å²) < 4.78 is 1.94. The molecule has 26 heavy (non-hydrogen) atoms. The number of hydrogen-bond acceptors (Lipinski definition) is 3. The Labute approximate surface area is 158 Å². The van der Waals surface area contributed by atoms with Crippen LogP contribution in [0.15, 0.2) is 18.9 Å². The maximum absolute atomic E-state index is 13.3. The van der Waals surface area contributed by atoms with Crippen LogP contribution in [-0.4, -0.2) is 51.7 Å². The van der Waals surface area contributed by atoms with Gasteiger partial charge < -0.3 is 4.90 Å². The Hall–Kier alpha value is -1.62. The topological polar surface area (TPSA) is 41.4 Å². The molecule has 3 rings (SSSR count). The van der Waals surface area contributed by atoms with Crippen molar-refractivity contribution in [3.63, 3.8) is 0 Å². The minimum Gasteiger partial charge on any atom is -0.342 e. The highest BCUT2D eigenvalue weighted by Crippen LogP contribution is 2.41. The Morgan fingerprint density at radius 3 is 2.77 bits per heavy atom. The van der Waals surface area contributed by atoms with Gasteiger partial charge in [-0.15, -0.1) is 6.58 Å². The summed E-state index contributed by atoms with van der Waals surface area (Å²) in [7, 11) is 0. The largest absolute Gasteiger partial charge is 0.342 e. The minimum atomic E-state index is -0.158. The van der Waals surface area contributed by atoms with E-state index in [0.717, 1.165) is 64.2 Å². The zero-order valence-corrected chi connectivity index (χ0v) is 16.9. The van der Waals surface area contributed by atoms with E-state index in [4.69, 9.17) is 0 Å². The highest BCUT2D eigenvalue weighted by molar-refractivity contribution is 5.84. The summed E-state index contributed by atoms with van der Waals surface area (Å²) in [5.41, 5.74) is 2.34. The Morgan fingerprint density at radius 2 is 2.08 bits per heavy atom. The molecule has 2 aliphatic heterocycles. The molecule has 1 aromatic rings. The Bertz CT molecular complexity index is 672. The first-order valence-electron chi connectivity index (χ1n) is 9.88. The Kier molecular flexibility index (Phi) is 5.29. The number of hydrogen-bond donors (Lipinski definition) is 0. The number of amides is 1. The van der Waals surface area contributed by atoms with Gasteiger partial charge in [-0.3, -0.25) is 14.4 Å². The molecule has 5 nitrogen and oxygen atoms in total. The second-order valence-electron chi connectivity index (χ2n) is 9.38. The zero-order valence-electron chi connectivity index (χ0n) is 16.9. The van der Waals surface area contributed by atoms with Crippen LogP contribution in [0.1, 0.15) is 51.3 Å². The maximum atomic E-state index is 13.3. The van der Waals surface area contributed by atoms with Crippen molar-refractivity contribution in [2.24, 2.45) is 10.8 Å². The fourth-order valence-electron chi connectivity index (χ4n) is 4.53. The number of aryl methyl sites for hydroxylation is 1. The smallest absolute Gasteiger partial charge is 0.230 e. The monoisotopic (exact) mass is 358 g/mol. The summed E-state index contributed by atoms with van der Waals surface area (Å²) in [6.45, 7) is 17.8. The molecule has 0 saturated carbocycles. The van der Waals surface area contributed by atoms with Crippen molar-refractivity contribution in [3.05, 3.63) is 30.1 Å². The summed E-state index contributed by atoms with van der Waals surface area (Å²) in [6.07, 6.45) is 7.15. The van der Waals surface area contributed by atoms with Gasteiger partial charge in [-0.05, 0) is 38.1 Å². The maximum Gasteiger partial charge on any atom is 0.230 e. The zero-order chi connectivity index (χ0) is 18.9. The van der Waals surface area contributed by atoms with Crippen LogP contribution in [0, 0.1) is 17.8 Å². The number of allylic oxidation sites excluding steroid dienone is 1. The van der Waals surface area contributed by atoms with Crippen LogP contribution in [-0.2, 0) is 17.9 Å². The van der Waals surface area contributed by atoms with Crippen molar-refractivity contribution < 1.29 is 4.79 Å². The standard InChI is InChI=1S/C21H34N4O/c1-6-10-25-14-18(17(2)22-25)13-23-12-9-21(16-23)8-7-11-24(19(21)26)15-20(3,4)5/h6,14H,1,7-13,15-16H2,2-5H3. The minimum absolute atomic E-state index is 0.156. The summed E-state index contributed by atoms with van der Waals surface area (Å²) in [5, 5.41) is 4.56. The van der Waals surface area contributed by atoms with Gasteiger partial charge in [-0.1, -0.05) is 26.8 Å². The molecule has 1 aromatic heterocycles. The molecule has 5 heteroatoms. The number of carbonyl (C=O) groups excluding carboxylic acids is 1. The van der Waals surface area contributed by atoms with Crippen LogP contribution in [0.5, 0.6) is 0 Å². The molecule has 2 saturated heterocycles.